The number of aliphatic carboxylic acids is 1. The van der Waals surface area contributed by atoms with Gasteiger partial charge in [0.2, 0.25) is 17.7 Å². The van der Waals surface area contributed by atoms with E-state index in [2.05, 4.69) is 23.3 Å². The largest absolute Gasteiger partial charge is 0.480 e. The summed E-state index contributed by atoms with van der Waals surface area (Å²) in [4.78, 5) is 45.7. The summed E-state index contributed by atoms with van der Waals surface area (Å²) in [7, 11) is 0. The number of nitrogens with two attached hydrogens (primary N) is 1. The first-order chi connectivity index (χ1) is 11.1. The summed E-state index contributed by atoms with van der Waals surface area (Å²) in [5, 5.41) is 33.5. The third kappa shape index (κ3) is 7.59. The summed E-state index contributed by atoms with van der Waals surface area (Å²) in [5.41, 5.74) is 5.41. The predicted molar refractivity (Wildman–Crippen MR) is 85.1 cm³/mol. The van der Waals surface area contributed by atoms with Crippen LogP contribution in [-0.4, -0.2) is 82.1 Å². The van der Waals surface area contributed by atoms with Crippen LogP contribution in [0.5, 0.6) is 0 Å². The summed E-state index contributed by atoms with van der Waals surface area (Å²) < 4.78 is 0. The molecule has 0 aliphatic rings. The summed E-state index contributed by atoms with van der Waals surface area (Å²) in [6.45, 7) is -0.163. The SMILES string of the molecule is CC(O)C(NC(=O)CNC(=O)C(CO)NC(=O)C(N)CS)C(=O)O. The number of aliphatic hydroxyl groups is 2. The summed E-state index contributed by atoms with van der Waals surface area (Å²) in [6, 6.07) is -3.83. The minimum Gasteiger partial charge on any atom is -0.480 e. The number of rotatable bonds is 10. The molecule has 0 spiro atoms. The van der Waals surface area contributed by atoms with Crippen LogP contribution in [-0.2, 0) is 19.2 Å². The van der Waals surface area contributed by atoms with Crippen LogP contribution in [0.1, 0.15) is 6.92 Å². The number of nitrogens with one attached hydrogen (secondary N) is 3. The molecule has 138 valence electrons. The fourth-order valence-electron chi connectivity index (χ4n) is 1.46. The second-order valence-corrected chi connectivity index (χ2v) is 5.24. The lowest BCUT2D eigenvalue weighted by Crippen LogP contribution is -2.55. The number of amides is 3. The maximum absolute atomic E-state index is 11.8. The fourth-order valence-corrected chi connectivity index (χ4v) is 1.63. The normalized spacial score (nSPS) is 15.5. The molecule has 0 heterocycles. The Bertz CT molecular complexity index is 474. The average Bonchev–Trinajstić information content (AvgIpc) is 2.53. The van der Waals surface area contributed by atoms with Crippen molar-refractivity contribution in [3.63, 3.8) is 0 Å². The quantitative estimate of drug-likeness (QED) is 0.178. The van der Waals surface area contributed by atoms with Gasteiger partial charge in [0.15, 0.2) is 6.04 Å². The molecule has 0 aliphatic heterocycles. The molecule has 0 aromatic rings. The molecule has 0 aromatic carbocycles. The molecule has 0 saturated carbocycles. The van der Waals surface area contributed by atoms with Gasteiger partial charge in [0, 0.05) is 5.75 Å². The van der Waals surface area contributed by atoms with Gasteiger partial charge in [-0.2, -0.15) is 12.6 Å². The Hall–Kier alpha value is -1.89. The van der Waals surface area contributed by atoms with Crippen molar-refractivity contribution in [1.82, 2.24) is 16.0 Å². The molecule has 4 unspecified atom stereocenters. The summed E-state index contributed by atoms with van der Waals surface area (Å²) in [5.74, 6) is -3.85. The van der Waals surface area contributed by atoms with Gasteiger partial charge in [-0.1, -0.05) is 0 Å². The number of aliphatic hydroxyl groups excluding tert-OH is 2. The standard InChI is InChI=1S/C12H22N4O7S/c1-5(18)9(12(22)23)16-8(19)2-14-11(21)7(3-17)15-10(20)6(13)4-24/h5-7,9,17-18,24H,2-4,13H2,1H3,(H,14,21)(H,15,20)(H,16,19)(H,22,23). The van der Waals surface area contributed by atoms with Crippen molar-refractivity contribution < 1.29 is 34.5 Å². The highest BCUT2D eigenvalue weighted by Gasteiger charge is 2.26. The summed E-state index contributed by atoms with van der Waals surface area (Å²) in [6.07, 6.45) is -1.34. The van der Waals surface area contributed by atoms with Crippen molar-refractivity contribution in [3.05, 3.63) is 0 Å². The number of carboxylic acid groups (broad SMARTS) is 1. The lowest BCUT2D eigenvalue weighted by Gasteiger charge is -2.19. The molecule has 24 heavy (non-hydrogen) atoms. The van der Waals surface area contributed by atoms with Gasteiger partial charge in [-0.25, -0.2) is 4.79 Å². The third-order valence-electron chi connectivity index (χ3n) is 2.84. The first-order valence-corrected chi connectivity index (χ1v) is 7.52. The van der Waals surface area contributed by atoms with Crippen LogP contribution in [0, 0.1) is 0 Å². The molecule has 0 radical (unpaired) electrons. The van der Waals surface area contributed by atoms with E-state index in [-0.39, 0.29) is 5.75 Å². The number of carbonyl (C=O) groups is 4. The van der Waals surface area contributed by atoms with E-state index in [0.717, 1.165) is 0 Å². The molecule has 0 aromatic heterocycles. The zero-order valence-electron chi connectivity index (χ0n) is 12.9. The van der Waals surface area contributed by atoms with Gasteiger partial charge in [0.05, 0.1) is 25.3 Å². The Labute approximate surface area is 143 Å². The fraction of sp³-hybridized carbons (Fsp3) is 0.667. The van der Waals surface area contributed by atoms with Crippen LogP contribution in [0.4, 0.5) is 0 Å². The van der Waals surface area contributed by atoms with Gasteiger partial charge < -0.3 is 37.0 Å². The van der Waals surface area contributed by atoms with Gasteiger partial charge in [-0.15, -0.1) is 0 Å². The van der Waals surface area contributed by atoms with Gasteiger partial charge in [-0.3, -0.25) is 14.4 Å². The molecule has 8 N–H and O–H groups in total. The van der Waals surface area contributed by atoms with E-state index in [1.165, 1.54) is 6.92 Å². The van der Waals surface area contributed by atoms with Crippen molar-refractivity contribution in [1.29, 1.82) is 0 Å². The average molecular weight is 366 g/mol. The van der Waals surface area contributed by atoms with Crippen molar-refractivity contribution in [2.24, 2.45) is 5.73 Å². The minimum atomic E-state index is -1.53. The smallest absolute Gasteiger partial charge is 0.328 e. The lowest BCUT2D eigenvalue weighted by atomic mass is 10.2. The lowest BCUT2D eigenvalue weighted by molar-refractivity contribution is -0.144. The molecular formula is C12H22N4O7S. The van der Waals surface area contributed by atoms with E-state index in [1.54, 1.807) is 0 Å². The highest BCUT2D eigenvalue weighted by atomic mass is 32.1. The van der Waals surface area contributed by atoms with Crippen LogP contribution < -0.4 is 21.7 Å². The second-order valence-electron chi connectivity index (χ2n) is 4.87. The third-order valence-corrected chi connectivity index (χ3v) is 3.23. The zero-order chi connectivity index (χ0) is 18.9. The maximum atomic E-state index is 11.8. The molecule has 11 nitrogen and oxygen atoms in total. The molecule has 0 saturated heterocycles. The van der Waals surface area contributed by atoms with Crippen LogP contribution in [0.15, 0.2) is 0 Å². The Kier molecular flexibility index (Phi) is 9.95. The van der Waals surface area contributed by atoms with E-state index in [1.807, 2.05) is 5.32 Å². The Balaban J connectivity index is 4.51. The van der Waals surface area contributed by atoms with Gasteiger partial charge >= 0.3 is 5.97 Å². The van der Waals surface area contributed by atoms with E-state index < -0.39 is 61.1 Å². The van der Waals surface area contributed by atoms with Crippen molar-refractivity contribution in [2.45, 2.75) is 31.2 Å². The van der Waals surface area contributed by atoms with Crippen LogP contribution >= 0.6 is 12.6 Å². The van der Waals surface area contributed by atoms with Crippen LogP contribution in [0.3, 0.4) is 0 Å². The van der Waals surface area contributed by atoms with Gasteiger partial charge in [0.25, 0.3) is 0 Å². The van der Waals surface area contributed by atoms with Crippen molar-refractivity contribution in [2.75, 3.05) is 18.9 Å². The summed E-state index contributed by atoms with van der Waals surface area (Å²) >= 11 is 3.82. The topological polar surface area (TPSA) is 191 Å². The Morgan fingerprint density at radius 1 is 1.17 bits per heavy atom. The molecule has 3 amide bonds. The Morgan fingerprint density at radius 3 is 2.17 bits per heavy atom. The number of hydrogen-bond donors (Lipinski definition) is 8. The molecule has 0 fully saturated rings. The number of carboxylic acids is 1. The van der Waals surface area contributed by atoms with Gasteiger partial charge in [0.1, 0.15) is 6.04 Å². The second kappa shape index (κ2) is 10.8. The zero-order valence-corrected chi connectivity index (χ0v) is 13.8. The first kappa shape index (κ1) is 22.1. The highest BCUT2D eigenvalue weighted by molar-refractivity contribution is 7.80. The maximum Gasteiger partial charge on any atom is 0.328 e. The molecule has 0 aliphatic carbocycles. The van der Waals surface area contributed by atoms with Crippen LogP contribution in [0.2, 0.25) is 0 Å². The van der Waals surface area contributed by atoms with E-state index in [9.17, 15) is 24.3 Å². The monoisotopic (exact) mass is 366 g/mol. The number of carbonyl (C=O) groups excluding carboxylic acids is 3. The number of thiol groups is 1. The number of hydrogen-bond acceptors (Lipinski definition) is 8. The van der Waals surface area contributed by atoms with Crippen LogP contribution in [0.25, 0.3) is 0 Å². The molecule has 0 rings (SSSR count). The molecular weight excluding hydrogens is 344 g/mol. The van der Waals surface area contributed by atoms with Crippen molar-refractivity contribution in [3.8, 4) is 0 Å². The van der Waals surface area contributed by atoms with E-state index >= 15 is 0 Å². The first-order valence-electron chi connectivity index (χ1n) is 6.89. The minimum absolute atomic E-state index is 0.0317. The molecule has 0 bridgehead atoms. The predicted octanol–water partition coefficient (Wildman–Crippen LogP) is -4.21. The molecule has 4 atom stereocenters. The Morgan fingerprint density at radius 2 is 1.75 bits per heavy atom. The van der Waals surface area contributed by atoms with Crippen molar-refractivity contribution >= 4 is 36.3 Å². The van der Waals surface area contributed by atoms with Gasteiger partial charge in [-0.05, 0) is 6.92 Å². The van der Waals surface area contributed by atoms with E-state index in [0.29, 0.717) is 0 Å². The highest BCUT2D eigenvalue weighted by Crippen LogP contribution is 1.93. The molecule has 12 heteroatoms. The van der Waals surface area contributed by atoms with E-state index in [4.69, 9.17) is 15.9 Å².